The molecule has 5 heterocycles. The molecule has 1 amide bonds. The first-order valence-corrected chi connectivity index (χ1v) is 11.9. The number of likely N-dealkylation sites (tertiary alicyclic amines) is 1. The van der Waals surface area contributed by atoms with Crippen LogP contribution in [0.25, 0.3) is 11.0 Å². The molecular formula is C25H29FN6O4. The van der Waals surface area contributed by atoms with Gasteiger partial charge in [0.15, 0.2) is 18.2 Å². The number of anilines is 1. The molecule has 3 aromatic rings. The highest BCUT2D eigenvalue weighted by atomic mass is 19.1. The Hall–Kier alpha value is -3.41. The van der Waals surface area contributed by atoms with E-state index in [2.05, 4.69) is 30.5 Å². The Balaban J connectivity index is 1.20. The van der Waals surface area contributed by atoms with E-state index in [-0.39, 0.29) is 18.6 Å². The molecule has 3 aromatic heterocycles. The van der Waals surface area contributed by atoms with Crippen LogP contribution in [0.2, 0.25) is 0 Å². The number of amides is 1. The number of nitrogens with zero attached hydrogens (tertiary/aromatic N) is 4. The van der Waals surface area contributed by atoms with Crippen LogP contribution in [-0.4, -0.2) is 75.9 Å². The predicted molar refractivity (Wildman–Crippen MR) is 130 cm³/mol. The third-order valence-electron chi connectivity index (χ3n) is 6.72. The summed E-state index contributed by atoms with van der Waals surface area (Å²) in [7, 11) is 1.52. The van der Waals surface area contributed by atoms with Crippen molar-refractivity contribution in [1.82, 2.24) is 25.2 Å². The second-order valence-electron chi connectivity index (χ2n) is 9.40. The molecule has 0 aromatic carbocycles. The van der Waals surface area contributed by atoms with Crippen molar-refractivity contribution in [2.24, 2.45) is 0 Å². The van der Waals surface area contributed by atoms with Gasteiger partial charge in [-0.25, -0.2) is 14.4 Å². The fourth-order valence-corrected chi connectivity index (χ4v) is 4.81. The second-order valence-corrected chi connectivity index (χ2v) is 9.40. The van der Waals surface area contributed by atoms with Crippen LogP contribution >= 0.6 is 0 Å². The molecule has 11 heteroatoms. The molecule has 3 N–H and O–H groups in total. The first-order chi connectivity index (χ1) is 17.3. The summed E-state index contributed by atoms with van der Waals surface area (Å²) in [6.07, 6.45) is 2.37. The van der Waals surface area contributed by atoms with Gasteiger partial charge in [-0.15, -0.1) is 0 Å². The van der Waals surface area contributed by atoms with Crippen molar-refractivity contribution in [3.8, 4) is 11.6 Å². The lowest BCUT2D eigenvalue weighted by molar-refractivity contribution is -0.118. The zero-order valence-electron chi connectivity index (χ0n) is 20.3. The highest BCUT2D eigenvalue weighted by Crippen LogP contribution is 2.27. The summed E-state index contributed by atoms with van der Waals surface area (Å²) in [5.74, 6) is 0.741. The number of hydrogen-bond acceptors (Lipinski definition) is 9. The molecule has 2 aliphatic rings. The van der Waals surface area contributed by atoms with E-state index in [4.69, 9.17) is 9.47 Å². The van der Waals surface area contributed by atoms with Crippen LogP contribution in [0, 0.1) is 5.82 Å². The quantitative estimate of drug-likeness (QED) is 0.448. The Bertz CT molecular complexity index is 1290. The van der Waals surface area contributed by atoms with E-state index in [1.54, 1.807) is 25.1 Å². The van der Waals surface area contributed by atoms with Crippen LogP contribution in [0.4, 0.5) is 10.2 Å². The Kier molecular flexibility index (Phi) is 6.69. The van der Waals surface area contributed by atoms with Crippen LogP contribution in [0.3, 0.4) is 0 Å². The van der Waals surface area contributed by atoms with E-state index >= 15 is 0 Å². The van der Waals surface area contributed by atoms with Crippen molar-refractivity contribution < 1.29 is 23.8 Å². The normalized spacial score (nSPS) is 22.1. The summed E-state index contributed by atoms with van der Waals surface area (Å²) >= 11 is 0. The lowest BCUT2D eigenvalue weighted by Gasteiger charge is -2.43. The summed E-state index contributed by atoms with van der Waals surface area (Å²) in [5, 5.41) is 17.3. The number of pyridine rings is 3. The topological polar surface area (TPSA) is 122 Å². The Morgan fingerprint density at radius 1 is 1.33 bits per heavy atom. The minimum Gasteiger partial charge on any atom is -0.481 e. The third-order valence-corrected chi connectivity index (χ3v) is 6.72. The maximum Gasteiger partial charge on any atom is 0.263 e. The predicted octanol–water partition coefficient (Wildman–Crippen LogP) is 1.66. The maximum absolute atomic E-state index is 14.7. The van der Waals surface area contributed by atoms with Gasteiger partial charge in [0.1, 0.15) is 5.82 Å². The standard InChI is InChI=1S/C25H29FN6O4/c1-25(34)14-32(9-7-16-17(26)12-27-18-4-6-22(35-2)31-23(16)18)10-8-20(25)28-11-15-3-5-19-24(29-15)30-21(33)13-36-19/h3-6,12,20,28,34H,7-11,13-14H2,1-2H3,(H,29,30,33)/t20-,25+/m0/s1. The van der Waals surface area contributed by atoms with Crippen LogP contribution in [0.5, 0.6) is 11.6 Å². The number of piperidine rings is 1. The molecule has 36 heavy (non-hydrogen) atoms. The molecule has 2 atom stereocenters. The van der Waals surface area contributed by atoms with Crippen molar-refractivity contribution in [2.75, 3.05) is 38.7 Å². The third kappa shape index (κ3) is 5.08. The Morgan fingerprint density at radius 3 is 3.00 bits per heavy atom. The van der Waals surface area contributed by atoms with Crippen LogP contribution < -0.4 is 20.1 Å². The second kappa shape index (κ2) is 9.92. The zero-order chi connectivity index (χ0) is 25.3. The first-order valence-electron chi connectivity index (χ1n) is 11.9. The molecule has 190 valence electrons. The molecule has 0 spiro atoms. The summed E-state index contributed by atoms with van der Waals surface area (Å²) < 4.78 is 25.2. The lowest BCUT2D eigenvalue weighted by atomic mass is 9.88. The molecule has 0 saturated carbocycles. The molecule has 1 saturated heterocycles. The highest BCUT2D eigenvalue weighted by Gasteiger charge is 2.37. The fraction of sp³-hybridized carbons (Fsp3) is 0.440. The molecule has 0 unspecified atom stereocenters. The average molecular weight is 497 g/mol. The minimum atomic E-state index is -0.996. The number of methoxy groups -OCH3 is 1. The van der Waals surface area contributed by atoms with E-state index in [1.165, 1.54) is 13.3 Å². The van der Waals surface area contributed by atoms with E-state index in [0.29, 0.717) is 66.5 Å². The highest BCUT2D eigenvalue weighted by molar-refractivity contribution is 5.94. The van der Waals surface area contributed by atoms with Gasteiger partial charge in [-0.1, -0.05) is 0 Å². The van der Waals surface area contributed by atoms with Crippen molar-refractivity contribution in [3.05, 3.63) is 47.5 Å². The Morgan fingerprint density at radius 2 is 2.19 bits per heavy atom. The summed E-state index contributed by atoms with van der Waals surface area (Å²) in [6, 6.07) is 6.94. The number of β-amino-alcohol motifs (C(OH)–C–C–N with tert-alkyl or cyclic N) is 1. The van der Waals surface area contributed by atoms with Crippen molar-refractivity contribution in [1.29, 1.82) is 0 Å². The molecule has 1 fully saturated rings. The number of carbonyl (C=O) groups excluding carboxylic acids is 1. The van der Waals surface area contributed by atoms with Crippen LogP contribution in [0.1, 0.15) is 24.6 Å². The van der Waals surface area contributed by atoms with Crippen molar-refractivity contribution >= 4 is 22.8 Å². The molecular weight excluding hydrogens is 467 g/mol. The number of nitrogens with one attached hydrogen (secondary N) is 2. The number of carbonyl (C=O) groups is 1. The molecule has 5 rings (SSSR count). The largest absolute Gasteiger partial charge is 0.481 e. The van der Waals surface area contributed by atoms with E-state index in [1.807, 2.05) is 6.07 Å². The number of fused-ring (bicyclic) bond motifs is 2. The number of rotatable bonds is 7. The smallest absolute Gasteiger partial charge is 0.263 e. The summed E-state index contributed by atoms with van der Waals surface area (Å²) in [4.78, 5) is 26.7. The maximum atomic E-state index is 14.7. The van der Waals surface area contributed by atoms with Crippen molar-refractivity contribution in [2.45, 2.75) is 38.0 Å². The number of aliphatic hydroxyl groups is 1. The van der Waals surface area contributed by atoms with Gasteiger partial charge in [-0.2, -0.15) is 0 Å². The van der Waals surface area contributed by atoms with E-state index in [0.717, 1.165) is 12.2 Å². The lowest BCUT2D eigenvalue weighted by Crippen LogP contribution is -2.60. The molecule has 0 radical (unpaired) electrons. The summed E-state index contributed by atoms with van der Waals surface area (Å²) in [6.45, 7) is 3.99. The minimum absolute atomic E-state index is 0.0115. The Labute approximate surface area is 207 Å². The van der Waals surface area contributed by atoms with Gasteiger partial charge >= 0.3 is 0 Å². The average Bonchev–Trinajstić information content (AvgIpc) is 2.86. The summed E-state index contributed by atoms with van der Waals surface area (Å²) in [5.41, 5.74) is 1.35. The fourth-order valence-electron chi connectivity index (χ4n) is 4.81. The van der Waals surface area contributed by atoms with Crippen LogP contribution in [-0.2, 0) is 17.8 Å². The SMILES string of the molecule is COc1ccc2ncc(F)c(CCN3CC[C@H](NCc4ccc5c(n4)NC(=O)CO5)[C@](C)(O)C3)c2n1. The van der Waals surface area contributed by atoms with Gasteiger partial charge < -0.3 is 30.1 Å². The number of halogens is 1. The number of hydrogen-bond donors (Lipinski definition) is 3. The van der Waals surface area contributed by atoms with Crippen molar-refractivity contribution in [3.63, 3.8) is 0 Å². The van der Waals surface area contributed by atoms with Gasteiger partial charge in [-0.05, 0) is 44.5 Å². The van der Waals surface area contributed by atoms with Gasteiger partial charge in [-0.3, -0.25) is 9.78 Å². The first kappa shape index (κ1) is 24.3. The molecule has 0 aliphatic carbocycles. The molecule has 10 nitrogen and oxygen atoms in total. The van der Waals surface area contributed by atoms with Crippen LogP contribution in [0.15, 0.2) is 30.5 Å². The molecule has 0 bridgehead atoms. The van der Waals surface area contributed by atoms with Gasteiger partial charge in [0.05, 0.1) is 35.6 Å². The monoisotopic (exact) mass is 496 g/mol. The zero-order valence-corrected chi connectivity index (χ0v) is 20.3. The molecule has 2 aliphatic heterocycles. The van der Waals surface area contributed by atoms with Gasteiger partial charge in [0.25, 0.3) is 5.91 Å². The van der Waals surface area contributed by atoms with E-state index < -0.39 is 11.4 Å². The number of aromatic nitrogens is 3. The van der Waals surface area contributed by atoms with Gasteiger partial charge in [0.2, 0.25) is 5.88 Å². The van der Waals surface area contributed by atoms with E-state index in [9.17, 15) is 14.3 Å². The van der Waals surface area contributed by atoms with Gasteiger partial charge in [0, 0.05) is 37.3 Å². The number of ether oxygens (including phenoxy) is 2.